The molecule has 0 bridgehead atoms. The Morgan fingerprint density at radius 2 is 1.59 bits per heavy atom. The van der Waals surface area contributed by atoms with Crippen molar-refractivity contribution < 1.29 is 19.2 Å². The molecule has 7 heteroatoms. The highest BCUT2D eigenvalue weighted by Crippen LogP contribution is 2.37. The second-order valence-electron chi connectivity index (χ2n) is 7.47. The molecule has 1 aromatic rings. The lowest BCUT2D eigenvalue weighted by Crippen LogP contribution is -2.38. The van der Waals surface area contributed by atoms with Crippen molar-refractivity contribution in [3.8, 4) is 0 Å². The molecule has 4 amide bonds. The largest absolute Gasteiger partial charge is 0.349 e. The van der Waals surface area contributed by atoms with Crippen LogP contribution in [0.2, 0.25) is 0 Å². The van der Waals surface area contributed by atoms with Gasteiger partial charge in [-0.3, -0.25) is 24.1 Å². The van der Waals surface area contributed by atoms with E-state index in [2.05, 4.69) is 5.32 Å². The van der Waals surface area contributed by atoms with Crippen molar-refractivity contribution in [2.45, 2.75) is 32.1 Å². The molecule has 144 valence electrons. The number of hydrogen-bond donors (Lipinski definition) is 1. The molecule has 2 fully saturated rings. The highest BCUT2D eigenvalue weighted by Gasteiger charge is 2.48. The molecular weight excluding hydrogens is 346 g/mol. The number of likely N-dealkylation sites (N-methyl/N-ethyl adjacent to an activating group) is 1. The Bertz CT molecular complexity index is 733. The molecule has 3 rings (SSSR count). The van der Waals surface area contributed by atoms with Crippen LogP contribution in [-0.2, 0) is 25.6 Å². The second-order valence-corrected chi connectivity index (χ2v) is 7.47. The van der Waals surface area contributed by atoms with E-state index in [1.165, 1.54) is 4.90 Å². The number of carbonyl (C=O) groups excluding carboxylic acids is 4. The summed E-state index contributed by atoms with van der Waals surface area (Å²) in [4.78, 5) is 51.5. The summed E-state index contributed by atoms with van der Waals surface area (Å²) in [5.74, 6) is -1.30. The van der Waals surface area contributed by atoms with Crippen LogP contribution in [0.4, 0.5) is 5.69 Å². The van der Waals surface area contributed by atoms with Crippen LogP contribution in [-0.4, -0.2) is 54.1 Å². The Balaban J connectivity index is 1.57. The second kappa shape index (κ2) is 7.90. The molecule has 1 heterocycles. The number of nitrogens with zero attached hydrogens (tertiary/aromatic N) is 2. The fraction of sp³-hybridized carbons (Fsp3) is 0.500. The Morgan fingerprint density at radius 1 is 1.04 bits per heavy atom. The molecule has 1 saturated carbocycles. The third-order valence-electron chi connectivity index (χ3n) is 5.33. The third-order valence-corrected chi connectivity index (χ3v) is 5.33. The lowest BCUT2D eigenvalue weighted by molar-refractivity contribution is -0.142. The summed E-state index contributed by atoms with van der Waals surface area (Å²) in [6, 6.07) is 6.97. The normalized spacial score (nSPS) is 21.8. The number of likely N-dealkylation sites (tertiary alicyclic amines) is 1. The van der Waals surface area contributed by atoms with Gasteiger partial charge in [0.2, 0.25) is 23.6 Å². The number of hydrogen-bond acceptors (Lipinski definition) is 4. The molecule has 1 aliphatic carbocycles. The summed E-state index contributed by atoms with van der Waals surface area (Å²) in [5.41, 5.74) is 1.42. The van der Waals surface area contributed by atoms with E-state index in [4.69, 9.17) is 0 Å². The lowest BCUT2D eigenvalue weighted by atomic mass is 9.81. The number of amides is 4. The summed E-state index contributed by atoms with van der Waals surface area (Å²) in [5, 5.41) is 2.71. The molecule has 7 nitrogen and oxygen atoms in total. The van der Waals surface area contributed by atoms with Gasteiger partial charge in [-0.2, -0.15) is 0 Å². The number of nitrogens with one attached hydrogen (secondary N) is 1. The van der Waals surface area contributed by atoms with Crippen molar-refractivity contribution >= 4 is 29.3 Å². The molecule has 1 saturated heterocycles. The van der Waals surface area contributed by atoms with Gasteiger partial charge in [0.05, 0.1) is 18.3 Å². The first-order chi connectivity index (χ1) is 12.9. The van der Waals surface area contributed by atoms with Crippen molar-refractivity contribution in [1.82, 2.24) is 9.80 Å². The molecule has 2 aliphatic rings. The maximum Gasteiger partial charge on any atom is 0.244 e. The standard InChI is InChI=1S/C20H25N3O4/c1-22(2)18(25)11-13-7-9-14(10-8-13)21-17(24)12-23-19(26)15-5-3-4-6-16(15)20(23)27/h7-10,15-16H,3-6,11-12H2,1-2H3,(H,21,24). The van der Waals surface area contributed by atoms with E-state index in [1.54, 1.807) is 38.4 Å². The van der Waals surface area contributed by atoms with Crippen molar-refractivity contribution in [1.29, 1.82) is 0 Å². The molecular formula is C20H25N3O4. The summed E-state index contributed by atoms with van der Waals surface area (Å²) in [6.07, 6.45) is 3.69. The van der Waals surface area contributed by atoms with E-state index in [1.807, 2.05) is 0 Å². The van der Waals surface area contributed by atoms with Gasteiger partial charge in [0.25, 0.3) is 0 Å². The van der Waals surface area contributed by atoms with Crippen LogP contribution >= 0.6 is 0 Å². The predicted molar refractivity (Wildman–Crippen MR) is 99.6 cm³/mol. The van der Waals surface area contributed by atoms with Gasteiger partial charge in [0, 0.05) is 19.8 Å². The van der Waals surface area contributed by atoms with Gasteiger partial charge in [0.1, 0.15) is 6.54 Å². The average molecular weight is 371 g/mol. The van der Waals surface area contributed by atoms with Crippen molar-refractivity contribution in [3.05, 3.63) is 29.8 Å². The maximum absolute atomic E-state index is 12.4. The monoisotopic (exact) mass is 371 g/mol. The van der Waals surface area contributed by atoms with Crippen LogP contribution in [0, 0.1) is 11.8 Å². The minimum Gasteiger partial charge on any atom is -0.349 e. The van der Waals surface area contributed by atoms with Gasteiger partial charge in [-0.05, 0) is 30.5 Å². The highest BCUT2D eigenvalue weighted by atomic mass is 16.2. The predicted octanol–water partition coefficient (Wildman–Crippen LogP) is 1.43. The van der Waals surface area contributed by atoms with Gasteiger partial charge in [-0.1, -0.05) is 25.0 Å². The smallest absolute Gasteiger partial charge is 0.244 e. The number of fused-ring (bicyclic) bond motifs is 1. The number of imide groups is 1. The van der Waals surface area contributed by atoms with E-state index in [9.17, 15) is 19.2 Å². The van der Waals surface area contributed by atoms with Crippen LogP contribution in [0.15, 0.2) is 24.3 Å². The van der Waals surface area contributed by atoms with Crippen molar-refractivity contribution in [2.24, 2.45) is 11.8 Å². The maximum atomic E-state index is 12.4. The number of rotatable bonds is 5. The zero-order chi connectivity index (χ0) is 19.6. The quantitative estimate of drug-likeness (QED) is 0.794. The molecule has 1 aromatic carbocycles. The molecule has 0 spiro atoms. The van der Waals surface area contributed by atoms with Gasteiger partial charge in [0.15, 0.2) is 0 Å². The van der Waals surface area contributed by atoms with Crippen molar-refractivity contribution in [3.63, 3.8) is 0 Å². The SMILES string of the molecule is CN(C)C(=O)Cc1ccc(NC(=O)CN2C(=O)C3CCCCC3C2=O)cc1. The van der Waals surface area contributed by atoms with Gasteiger partial charge in [-0.15, -0.1) is 0 Å². The van der Waals surface area contributed by atoms with Crippen molar-refractivity contribution in [2.75, 3.05) is 26.0 Å². The Labute approximate surface area is 158 Å². The minimum absolute atomic E-state index is 0.000638. The van der Waals surface area contributed by atoms with Crippen LogP contribution in [0.1, 0.15) is 31.2 Å². The topological polar surface area (TPSA) is 86.8 Å². The average Bonchev–Trinajstić information content (AvgIpc) is 2.88. The molecule has 0 aromatic heterocycles. The molecule has 27 heavy (non-hydrogen) atoms. The first kappa shape index (κ1) is 19.1. The molecule has 0 radical (unpaired) electrons. The first-order valence-electron chi connectivity index (χ1n) is 9.31. The highest BCUT2D eigenvalue weighted by molar-refractivity contribution is 6.08. The third kappa shape index (κ3) is 4.18. The minimum atomic E-state index is -0.396. The lowest BCUT2D eigenvalue weighted by Gasteiger charge is -2.19. The van der Waals surface area contributed by atoms with Crippen LogP contribution in [0.3, 0.4) is 0 Å². The van der Waals surface area contributed by atoms with E-state index >= 15 is 0 Å². The van der Waals surface area contributed by atoms with Crippen LogP contribution in [0.5, 0.6) is 0 Å². The van der Waals surface area contributed by atoms with Crippen LogP contribution < -0.4 is 5.32 Å². The molecule has 1 N–H and O–H groups in total. The van der Waals surface area contributed by atoms with Crippen LogP contribution in [0.25, 0.3) is 0 Å². The van der Waals surface area contributed by atoms with Gasteiger partial charge >= 0.3 is 0 Å². The number of benzene rings is 1. The van der Waals surface area contributed by atoms with E-state index in [0.717, 1.165) is 36.1 Å². The zero-order valence-corrected chi connectivity index (χ0v) is 15.7. The first-order valence-corrected chi connectivity index (χ1v) is 9.31. The molecule has 2 atom stereocenters. The number of anilines is 1. The Morgan fingerprint density at radius 3 is 2.11 bits per heavy atom. The number of carbonyl (C=O) groups is 4. The summed E-state index contributed by atoms with van der Waals surface area (Å²) >= 11 is 0. The Kier molecular flexibility index (Phi) is 5.58. The van der Waals surface area contributed by atoms with Gasteiger partial charge < -0.3 is 10.2 Å². The molecule has 2 unspecified atom stereocenters. The molecule has 1 aliphatic heterocycles. The van der Waals surface area contributed by atoms with E-state index in [-0.39, 0.29) is 36.1 Å². The fourth-order valence-corrected chi connectivity index (χ4v) is 3.77. The zero-order valence-electron chi connectivity index (χ0n) is 15.7. The summed E-state index contributed by atoms with van der Waals surface area (Å²) < 4.78 is 0. The van der Waals surface area contributed by atoms with Gasteiger partial charge in [-0.25, -0.2) is 0 Å². The summed E-state index contributed by atoms with van der Waals surface area (Å²) in [6.45, 7) is -0.245. The van der Waals surface area contributed by atoms with E-state index in [0.29, 0.717) is 12.1 Å². The summed E-state index contributed by atoms with van der Waals surface area (Å²) in [7, 11) is 3.40. The Hall–Kier alpha value is -2.70. The fourth-order valence-electron chi connectivity index (χ4n) is 3.77. The van der Waals surface area contributed by atoms with E-state index < -0.39 is 5.91 Å².